The summed E-state index contributed by atoms with van der Waals surface area (Å²) < 4.78 is 16.4. The highest BCUT2D eigenvalue weighted by atomic mass is 16.6. The lowest BCUT2D eigenvalue weighted by molar-refractivity contribution is 0.385. The zero-order valence-corrected chi connectivity index (χ0v) is 5.76. The molecule has 2 heterocycles. The van der Waals surface area contributed by atoms with Crippen LogP contribution in [0.3, 0.4) is 0 Å². The summed E-state index contributed by atoms with van der Waals surface area (Å²) in [6.45, 7) is 0. The van der Waals surface area contributed by atoms with E-state index in [2.05, 4.69) is 17.7 Å². The SMILES string of the molecule is O=c1occo1.O=c1occo1. The van der Waals surface area contributed by atoms with Crippen molar-refractivity contribution in [1.82, 2.24) is 0 Å². The predicted octanol–water partition coefficient (Wildman–Crippen LogP) is 0.466. The van der Waals surface area contributed by atoms with Crippen LogP contribution < -0.4 is 11.6 Å². The fourth-order valence-electron chi connectivity index (χ4n) is 0.389. The van der Waals surface area contributed by atoms with Gasteiger partial charge in [-0.3, -0.25) is 0 Å². The van der Waals surface area contributed by atoms with E-state index in [9.17, 15) is 9.59 Å². The van der Waals surface area contributed by atoms with Crippen LogP contribution in [0.5, 0.6) is 0 Å². The lowest BCUT2D eigenvalue weighted by Crippen LogP contribution is -1.83. The molecule has 0 saturated heterocycles. The average molecular weight is 172 g/mol. The quantitative estimate of drug-likeness (QED) is 0.573. The molecule has 0 amide bonds. The maximum Gasteiger partial charge on any atom is 0.518 e. The Morgan fingerprint density at radius 2 is 0.917 bits per heavy atom. The molecule has 6 heteroatoms. The van der Waals surface area contributed by atoms with Crippen LogP contribution in [-0.2, 0) is 0 Å². The van der Waals surface area contributed by atoms with Gasteiger partial charge in [-0.15, -0.1) is 0 Å². The Kier molecular flexibility index (Phi) is 2.72. The molecule has 2 aromatic rings. The molecule has 0 saturated carbocycles. The summed E-state index contributed by atoms with van der Waals surface area (Å²) >= 11 is 0. The maximum atomic E-state index is 9.74. The van der Waals surface area contributed by atoms with Gasteiger partial charge in [-0.1, -0.05) is 0 Å². The predicted molar refractivity (Wildman–Crippen MR) is 34.5 cm³/mol. The molecule has 0 bridgehead atoms. The van der Waals surface area contributed by atoms with Gasteiger partial charge in [-0.05, 0) is 0 Å². The minimum absolute atomic E-state index is 0.657. The van der Waals surface area contributed by atoms with E-state index in [1.54, 1.807) is 0 Å². The van der Waals surface area contributed by atoms with Crippen LogP contribution in [0.25, 0.3) is 0 Å². The molecule has 64 valence electrons. The molecular weight excluding hydrogens is 168 g/mol. The summed E-state index contributed by atoms with van der Waals surface area (Å²) in [6.07, 6.45) is 4.73. The first-order valence-electron chi connectivity index (χ1n) is 2.83. The highest BCUT2D eigenvalue weighted by molar-refractivity contribution is 4.50. The molecule has 0 unspecified atom stereocenters. The molecule has 0 aliphatic heterocycles. The first-order valence-corrected chi connectivity index (χ1v) is 2.83. The molecule has 12 heavy (non-hydrogen) atoms. The lowest BCUT2D eigenvalue weighted by atomic mass is 11.1. The molecule has 0 aliphatic rings. The number of hydrogen-bond donors (Lipinski definition) is 0. The van der Waals surface area contributed by atoms with Gasteiger partial charge in [0.05, 0.1) is 0 Å². The fourth-order valence-corrected chi connectivity index (χ4v) is 0.389. The Labute approximate surface area is 65.0 Å². The van der Waals surface area contributed by atoms with Gasteiger partial charge in [0.25, 0.3) is 0 Å². The van der Waals surface area contributed by atoms with E-state index in [4.69, 9.17) is 0 Å². The van der Waals surface area contributed by atoms with E-state index in [1.807, 2.05) is 0 Å². The third-order valence-electron chi connectivity index (χ3n) is 0.768. The van der Waals surface area contributed by atoms with Crippen LogP contribution in [0.15, 0.2) is 52.3 Å². The summed E-state index contributed by atoms with van der Waals surface area (Å²) in [6, 6.07) is 0. The van der Waals surface area contributed by atoms with Gasteiger partial charge in [-0.25, -0.2) is 9.59 Å². The molecule has 0 spiro atoms. The van der Waals surface area contributed by atoms with Crippen LogP contribution in [0.1, 0.15) is 0 Å². The van der Waals surface area contributed by atoms with E-state index < -0.39 is 11.6 Å². The van der Waals surface area contributed by atoms with E-state index in [0.717, 1.165) is 0 Å². The van der Waals surface area contributed by atoms with Crippen molar-refractivity contribution in [3.63, 3.8) is 0 Å². The van der Waals surface area contributed by atoms with Crippen molar-refractivity contribution in [2.45, 2.75) is 0 Å². The Hall–Kier alpha value is -1.98. The molecule has 2 rings (SSSR count). The third-order valence-corrected chi connectivity index (χ3v) is 0.768. The van der Waals surface area contributed by atoms with Crippen molar-refractivity contribution in [1.29, 1.82) is 0 Å². The van der Waals surface area contributed by atoms with Gasteiger partial charge in [0.2, 0.25) is 0 Å². The van der Waals surface area contributed by atoms with E-state index in [-0.39, 0.29) is 0 Å². The first-order chi connectivity index (χ1) is 5.79. The summed E-state index contributed by atoms with van der Waals surface area (Å²) in [5.74, 6) is -1.31. The number of rotatable bonds is 0. The highest BCUT2D eigenvalue weighted by Crippen LogP contribution is 1.70. The van der Waals surface area contributed by atoms with Crippen molar-refractivity contribution in [3.8, 4) is 0 Å². The van der Waals surface area contributed by atoms with E-state index >= 15 is 0 Å². The Bertz CT molecular complexity index is 328. The Morgan fingerprint density at radius 1 is 0.667 bits per heavy atom. The topological polar surface area (TPSA) is 86.7 Å². The van der Waals surface area contributed by atoms with Crippen molar-refractivity contribution in [2.24, 2.45) is 0 Å². The standard InChI is InChI=1S/2C3H2O3/c2*4-3-5-1-2-6-3/h2*1-2H. The smallest absolute Gasteiger partial charge is 0.399 e. The second-order valence-corrected chi connectivity index (χ2v) is 1.52. The van der Waals surface area contributed by atoms with Crippen molar-refractivity contribution < 1.29 is 17.7 Å². The van der Waals surface area contributed by atoms with Crippen molar-refractivity contribution >= 4 is 0 Å². The summed E-state index contributed by atoms with van der Waals surface area (Å²) in [7, 11) is 0. The van der Waals surface area contributed by atoms with Crippen molar-refractivity contribution in [3.05, 3.63) is 46.3 Å². The maximum absolute atomic E-state index is 9.74. The molecule has 2 aromatic heterocycles. The largest absolute Gasteiger partial charge is 0.518 e. The third kappa shape index (κ3) is 2.74. The molecule has 0 radical (unpaired) electrons. The number of hydrogen-bond acceptors (Lipinski definition) is 6. The summed E-state index contributed by atoms with van der Waals surface area (Å²) in [5.41, 5.74) is 0. The Morgan fingerprint density at radius 3 is 1.00 bits per heavy atom. The minimum atomic E-state index is -0.657. The highest BCUT2D eigenvalue weighted by Gasteiger charge is 1.77. The zero-order chi connectivity index (χ0) is 8.81. The zero-order valence-electron chi connectivity index (χ0n) is 5.76. The average Bonchev–Trinajstić information content (AvgIpc) is 2.63. The van der Waals surface area contributed by atoms with Crippen LogP contribution in [0.4, 0.5) is 0 Å². The molecule has 0 fully saturated rings. The first kappa shape index (κ1) is 8.12. The van der Waals surface area contributed by atoms with E-state index in [1.165, 1.54) is 25.1 Å². The molecule has 0 aliphatic carbocycles. The summed E-state index contributed by atoms with van der Waals surface area (Å²) in [4.78, 5) is 19.5. The van der Waals surface area contributed by atoms with Gasteiger partial charge in [0.1, 0.15) is 25.1 Å². The molecule has 6 nitrogen and oxygen atoms in total. The molecule has 0 aromatic carbocycles. The van der Waals surface area contributed by atoms with Gasteiger partial charge < -0.3 is 17.7 Å². The van der Waals surface area contributed by atoms with Gasteiger partial charge in [-0.2, -0.15) is 0 Å². The van der Waals surface area contributed by atoms with Crippen molar-refractivity contribution in [2.75, 3.05) is 0 Å². The minimum Gasteiger partial charge on any atom is -0.399 e. The molecular formula is C6H4O6. The van der Waals surface area contributed by atoms with Crippen LogP contribution in [-0.4, -0.2) is 0 Å². The fraction of sp³-hybridized carbons (Fsp3) is 0. The monoisotopic (exact) mass is 172 g/mol. The van der Waals surface area contributed by atoms with Crippen LogP contribution >= 0.6 is 0 Å². The van der Waals surface area contributed by atoms with E-state index in [0.29, 0.717) is 0 Å². The van der Waals surface area contributed by atoms with Crippen LogP contribution in [0, 0.1) is 0 Å². The summed E-state index contributed by atoms with van der Waals surface area (Å²) in [5, 5.41) is 0. The Balaban J connectivity index is 0.000000120. The second kappa shape index (κ2) is 4.02. The van der Waals surface area contributed by atoms with Gasteiger partial charge in [0.15, 0.2) is 0 Å². The lowest BCUT2D eigenvalue weighted by Gasteiger charge is -1.49. The normalized spacial score (nSPS) is 8.67. The van der Waals surface area contributed by atoms with Gasteiger partial charge in [0, 0.05) is 0 Å². The second-order valence-electron chi connectivity index (χ2n) is 1.52. The van der Waals surface area contributed by atoms with Crippen LogP contribution in [0.2, 0.25) is 0 Å². The molecule has 0 N–H and O–H groups in total. The molecule has 0 atom stereocenters. The van der Waals surface area contributed by atoms with Gasteiger partial charge >= 0.3 is 11.6 Å².